The van der Waals surface area contributed by atoms with E-state index in [0.717, 1.165) is 24.0 Å². The molecule has 0 spiro atoms. The van der Waals surface area contributed by atoms with Crippen molar-refractivity contribution >= 4 is 21.6 Å². The Bertz CT molecular complexity index is 900. The number of rotatable bonds is 7. The molecule has 152 valence electrons. The second-order valence-corrected chi connectivity index (χ2v) is 9.87. The van der Waals surface area contributed by atoms with Crippen molar-refractivity contribution in [2.75, 3.05) is 11.1 Å². The molecule has 0 aliphatic carbocycles. The van der Waals surface area contributed by atoms with E-state index >= 15 is 0 Å². The van der Waals surface area contributed by atoms with Gasteiger partial charge in [-0.1, -0.05) is 50.1 Å². The number of anilines is 1. The lowest BCUT2D eigenvalue weighted by Gasteiger charge is -2.20. The largest absolute Gasteiger partial charge is 0.444 e. The summed E-state index contributed by atoms with van der Waals surface area (Å²) >= 11 is 0. The number of ether oxygens (including phenoxy) is 1. The summed E-state index contributed by atoms with van der Waals surface area (Å²) in [6, 6.07) is 14.4. The molecule has 0 atom stereocenters. The predicted octanol–water partition coefficient (Wildman–Crippen LogP) is 5.66. The quantitative estimate of drug-likeness (QED) is 0.605. The van der Waals surface area contributed by atoms with Gasteiger partial charge in [0.25, 0.3) is 0 Å². The van der Waals surface area contributed by atoms with Crippen molar-refractivity contribution in [3.8, 4) is 11.1 Å². The van der Waals surface area contributed by atoms with Crippen LogP contribution in [0.3, 0.4) is 0 Å². The molecule has 0 unspecified atom stereocenters. The molecule has 0 fully saturated rings. The maximum atomic E-state index is 12.8. The van der Waals surface area contributed by atoms with Crippen molar-refractivity contribution in [3.05, 3.63) is 48.5 Å². The van der Waals surface area contributed by atoms with Gasteiger partial charge in [-0.3, -0.25) is 5.32 Å². The number of amides is 1. The summed E-state index contributed by atoms with van der Waals surface area (Å²) < 4.78 is 30.9. The van der Waals surface area contributed by atoms with Crippen molar-refractivity contribution in [2.24, 2.45) is 0 Å². The van der Waals surface area contributed by atoms with Gasteiger partial charge in [-0.15, -0.1) is 0 Å². The highest BCUT2D eigenvalue weighted by molar-refractivity contribution is 7.91. The molecule has 2 aromatic rings. The molecule has 0 saturated carbocycles. The lowest BCUT2D eigenvalue weighted by Crippen LogP contribution is -2.27. The lowest BCUT2D eigenvalue weighted by atomic mass is 10.1. The summed E-state index contributed by atoms with van der Waals surface area (Å²) in [4.78, 5) is 12.4. The number of nitrogens with one attached hydrogen (secondary N) is 1. The number of unbranched alkanes of at least 4 members (excludes halogenated alkanes) is 2. The molecule has 2 rings (SSSR count). The molecule has 0 aliphatic heterocycles. The molecular formula is C22H29NO4S. The summed E-state index contributed by atoms with van der Waals surface area (Å²) in [5, 5.41) is 2.66. The van der Waals surface area contributed by atoms with Crippen LogP contribution in [0.25, 0.3) is 11.1 Å². The van der Waals surface area contributed by atoms with E-state index in [1.165, 1.54) is 6.07 Å². The van der Waals surface area contributed by atoms with Crippen LogP contribution in [-0.2, 0) is 14.6 Å². The Kier molecular flexibility index (Phi) is 7.24. The van der Waals surface area contributed by atoms with Gasteiger partial charge < -0.3 is 4.74 Å². The zero-order valence-electron chi connectivity index (χ0n) is 17.0. The zero-order valence-corrected chi connectivity index (χ0v) is 17.8. The Morgan fingerprint density at radius 1 is 1.00 bits per heavy atom. The summed E-state index contributed by atoms with van der Waals surface area (Å²) in [6.07, 6.45) is 1.81. The van der Waals surface area contributed by atoms with Crippen LogP contribution in [0, 0.1) is 0 Å². The SMILES string of the molecule is CCCCCS(=O)(=O)c1cc(NC(=O)OC(C)(C)C)cc(-c2ccccc2)c1. The number of carbonyl (C=O) groups excluding carboxylic acids is 1. The fourth-order valence-electron chi connectivity index (χ4n) is 2.73. The summed E-state index contributed by atoms with van der Waals surface area (Å²) in [7, 11) is -3.45. The van der Waals surface area contributed by atoms with Crippen molar-refractivity contribution in [2.45, 2.75) is 57.5 Å². The van der Waals surface area contributed by atoms with E-state index in [0.29, 0.717) is 12.1 Å². The minimum Gasteiger partial charge on any atom is -0.444 e. The van der Waals surface area contributed by atoms with Gasteiger partial charge in [-0.05, 0) is 56.5 Å². The topological polar surface area (TPSA) is 72.5 Å². The lowest BCUT2D eigenvalue weighted by molar-refractivity contribution is 0.0636. The van der Waals surface area contributed by atoms with Crippen molar-refractivity contribution in [3.63, 3.8) is 0 Å². The van der Waals surface area contributed by atoms with Gasteiger partial charge >= 0.3 is 6.09 Å². The first-order valence-electron chi connectivity index (χ1n) is 9.54. The fraction of sp³-hybridized carbons (Fsp3) is 0.409. The van der Waals surface area contributed by atoms with E-state index < -0.39 is 21.5 Å². The number of sulfone groups is 1. The molecule has 2 aromatic carbocycles. The van der Waals surface area contributed by atoms with Crippen LogP contribution in [0.1, 0.15) is 47.0 Å². The van der Waals surface area contributed by atoms with Gasteiger partial charge in [0.15, 0.2) is 9.84 Å². The Balaban J connectivity index is 2.40. The van der Waals surface area contributed by atoms with E-state index in [-0.39, 0.29) is 10.6 Å². The van der Waals surface area contributed by atoms with Crippen molar-refractivity contribution < 1.29 is 17.9 Å². The van der Waals surface area contributed by atoms with Gasteiger partial charge in [0.05, 0.1) is 10.6 Å². The third-order valence-electron chi connectivity index (χ3n) is 4.03. The highest BCUT2D eigenvalue weighted by Crippen LogP contribution is 2.28. The van der Waals surface area contributed by atoms with Gasteiger partial charge in [-0.2, -0.15) is 0 Å². The first-order chi connectivity index (χ1) is 13.1. The molecule has 0 radical (unpaired) electrons. The molecule has 1 amide bonds. The first-order valence-corrected chi connectivity index (χ1v) is 11.2. The summed E-state index contributed by atoms with van der Waals surface area (Å²) in [5.41, 5.74) is 1.35. The normalized spacial score (nSPS) is 11.9. The highest BCUT2D eigenvalue weighted by atomic mass is 32.2. The zero-order chi connectivity index (χ0) is 20.8. The maximum absolute atomic E-state index is 12.8. The standard InChI is InChI=1S/C22H29NO4S/c1-5-6-10-13-28(25,26)20-15-18(17-11-8-7-9-12-17)14-19(16-20)23-21(24)27-22(2,3)4/h7-9,11-12,14-16H,5-6,10,13H2,1-4H3,(H,23,24). The molecule has 0 heterocycles. The molecule has 28 heavy (non-hydrogen) atoms. The highest BCUT2D eigenvalue weighted by Gasteiger charge is 2.19. The molecule has 0 aliphatic rings. The second-order valence-electron chi connectivity index (χ2n) is 7.76. The minimum absolute atomic E-state index is 0.0883. The Labute approximate surface area is 168 Å². The second kappa shape index (κ2) is 9.24. The minimum atomic E-state index is -3.45. The van der Waals surface area contributed by atoms with E-state index in [9.17, 15) is 13.2 Å². The Morgan fingerprint density at radius 2 is 1.68 bits per heavy atom. The van der Waals surface area contributed by atoms with Gasteiger partial charge in [-0.25, -0.2) is 13.2 Å². The van der Waals surface area contributed by atoms with Gasteiger partial charge in [0, 0.05) is 5.69 Å². The number of hydrogen-bond acceptors (Lipinski definition) is 4. The molecule has 1 N–H and O–H groups in total. The van der Waals surface area contributed by atoms with E-state index in [1.54, 1.807) is 32.9 Å². The van der Waals surface area contributed by atoms with Crippen molar-refractivity contribution in [1.82, 2.24) is 0 Å². The first kappa shape index (κ1) is 22.0. The molecule has 0 bridgehead atoms. The fourth-order valence-corrected chi connectivity index (χ4v) is 4.16. The molecule has 0 saturated heterocycles. The van der Waals surface area contributed by atoms with Crippen molar-refractivity contribution in [1.29, 1.82) is 0 Å². The average molecular weight is 404 g/mol. The predicted molar refractivity (Wildman–Crippen MR) is 113 cm³/mol. The van der Waals surface area contributed by atoms with Crippen LogP contribution < -0.4 is 5.32 Å². The van der Waals surface area contributed by atoms with Crippen LogP contribution in [0.2, 0.25) is 0 Å². The molecule has 6 heteroatoms. The van der Waals surface area contributed by atoms with E-state index in [2.05, 4.69) is 5.32 Å². The Hall–Kier alpha value is -2.34. The third-order valence-corrected chi connectivity index (χ3v) is 5.81. The Morgan fingerprint density at radius 3 is 2.29 bits per heavy atom. The average Bonchev–Trinajstić information content (AvgIpc) is 2.60. The van der Waals surface area contributed by atoms with Crippen LogP contribution in [-0.4, -0.2) is 25.9 Å². The molecular weight excluding hydrogens is 374 g/mol. The van der Waals surface area contributed by atoms with Gasteiger partial charge in [0.2, 0.25) is 0 Å². The van der Waals surface area contributed by atoms with E-state index in [1.807, 2.05) is 37.3 Å². The maximum Gasteiger partial charge on any atom is 0.412 e. The third kappa shape index (κ3) is 6.68. The van der Waals surface area contributed by atoms with Crippen LogP contribution in [0.4, 0.5) is 10.5 Å². The monoisotopic (exact) mass is 403 g/mol. The number of hydrogen-bond donors (Lipinski definition) is 1. The van der Waals surface area contributed by atoms with E-state index in [4.69, 9.17) is 4.74 Å². The smallest absolute Gasteiger partial charge is 0.412 e. The number of benzene rings is 2. The number of carbonyl (C=O) groups is 1. The summed E-state index contributed by atoms with van der Waals surface area (Å²) in [5.74, 6) is 0.0883. The van der Waals surface area contributed by atoms with Crippen LogP contribution >= 0.6 is 0 Å². The summed E-state index contributed by atoms with van der Waals surface area (Å²) in [6.45, 7) is 7.36. The van der Waals surface area contributed by atoms with Crippen LogP contribution in [0.15, 0.2) is 53.4 Å². The molecule has 5 nitrogen and oxygen atoms in total. The molecule has 0 aromatic heterocycles. The van der Waals surface area contributed by atoms with Gasteiger partial charge in [0.1, 0.15) is 5.60 Å². The van der Waals surface area contributed by atoms with Crippen LogP contribution in [0.5, 0.6) is 0 Å².